The van der Waals surface area contributed by atoms with Crippen LogP contribution in [0.15, 0.2) is 24.3 Å². The van der Waals surface area contributed by atoms with Crippen molar-refractivity contribution in [3.63, 3.8) is 0 Å². The number of hydrogen-bond acceptors (Lipinski definition) is 4. The molecule has 0 aliphatic rings. The Balaban J connectivity index is 2.69. The lowest BCUT2D eigenvalue weighted by molar-refractivity contribution is -0.146. The predicted molar refractivity (Wildman–Crippen MR) is 50.6 cm³/mol. The van der Waals surface area contributed by atoms with Gasteiger partial charge in [0.15, 0.2) is 6.10 Å². The highest BCUT2D eigenvalue weighted by molar-refractivity contribution is 5.91. The van der Waals surface area contributed by atoms with E-state index in [1.165, 1.54) is 31.2 Å². The fourth-order valence-corrected chi connectivity index (χ4v) is 0.877. The van der Waals surface area contributed by atoms with Gasteiger partial charge in [-0.05, 0) is 31.2 Å². The second-order valence-electron chi connectivity index (χ2n) is 2.93. The van der Waals surface area contributed by atoms with Gasteiger partial charge in [0.05, 0.1) is 5.56 Å². The van der Waals surface area contributed by atoms with Crippen molar-refractivity contribution in [3.8, 4) is 5.75 Å². The second kappa shape index (κ2) is 4.45. The molecule has 1 unspecified atom stereocenters. The molecular weight excluding hydrogens is 200 g/mol. The molecule has 5 nitrogen and oxygen atoms in total. The molecule has 1 aromatic rings. The molecule has 80 valence electrons. The zero-order valence-electron chi connectivity index (χ0n) is 8.01. The van der Waals surface area contributed by atoms with Crippen molar-refractivity contribution in [3.05, 3.63) is 29.8 Å². The van der Waals surface area contributed by atoms with Crippen LogP contribution in [0.1, 0.15) is 17.3 Å². The minimum Gasteiger partial charge on any atom is -0.508 e. The number of aromatic hydroxyl groups is 1. The number of ether oxygens (including phenoxy) is 1. The van der Waals surface area contributed by atoms with E-state index in [0.29, 0.717) is 0 Å². The third-order valence-corrected chi connectivity index (χ3v) is 1.73. The number of rotatable bonds is 3. The predicted octanol–water partition coefficient (Wildman–Crippen LogP) is 1.02. The number of carbonyl (C=O) groups is 2. The third-order valence-electron chi connectivity index (χ3n) is 1.73. The first-order valence-corrected chi connectivity index (χ1v) is 4.23. The molecule has 1 atom stereocenters. The van der Waals surface area contributed by atoms with E-state index >= 15 is 0 Å². The normalized spacial score (nSPS) is 11.8. The van der Waals surface area contributed by atoms with Crippen LogP contribution in [0.3, 0.4) is 0 Å². The summed E-state index contributed by atoms with van der Waals surface area (Å²) in [6.07, 6.45) is -1.19. The minimum absolute atomic E-state index is 0.0258. The van der Waals surface area contributed by atoms with E-state index in [4.69, 9.17) is 10.2 Å². The molecule has 5 heteroatoms. The lowest BCUT2D eigenvalue weighted by atomic mass is 10.2. The lowest BCUT2D eigenvalue weighted by Gasteiger charge is -2.08. The molecule has 0 aliphatic carbocycles. The Labute approximate surface area is 85.9 Å². The van der Waals surface area contributed by atoms with Crippen LogP contribution in [0.25, 0.3) is 0 Å². The van der Waals surface area contributed by atoms with Gasteiger partial charge in [0.1, 0.15) is 5.75 Å². The van der Waals surface area contributed by atoms with Crippen molar-refractivity contribution in [2.75, 3.05) is 0 Å². The molecule has 0 fully saturated rings. The first kappa shape index (κ1) is 11.0. The van der Waals surface area contributed by atoms with Crippen LogP contribution >= 0.6 is 0 Å². The molecule has 0 aromatic heterocycles. The molecule has 0 bridgehead atoms. The number of carboxylic acid groups (broad SMARTS) is 1. The number of aliphatic carboxylic acids is 1. The van der Waals surface area contributed by atoms with Crippen molar-refractivity contribution in [1.29, 1.82) is 0 Å². The molecule has 0 radical (unpaired) electrons. The maximum absolute atomic E-state index is 11.3. The quantitative estimate of drug-likeness (QED) is 0.727. The van der Waals surface area contributed by atoms with Crippen LogP contribution < -0.4 is 0 Å². The van der Waals surface area contributed by atoms with Crippen molar-refractivity contribution in [1.82, 2.24) is 0 Å². The van der Waals surface area contributed by atoms with Crippen LogP contribution in [-0.4, -0.2) is 28.3 Å². The topological polar surface area (TPSA) is 83.8 Å². The monoisotopic (exact) mass is 210 g/mol. The van der Waals surface area contributed by atoms with Crippen molar-refractivity contribution >= 4 is 11.9 Å². The fourth-order valence-electron chi connectivity index (χ4n) is 0.877. The number of hydrogen-bond donors (Lipinski definition) is 2. The van der Waals surface area contributed by atoms with Gasteiger partial charge in [0.2, 0.25) is 0 Å². The Kier molecular flexibility index (Phi) is 3.28. The average molecular weight is 210 g/mol. The van der Waals surface area contributed by atoms with Crippen LogP contribution in [0.5, 0.6) is 5.75 Å². The summed E-state index contributed by atoms with van der Waals surface area (Å²) in [4.78, 5) is 21.7. The summed E-state index contributed by atoms with van der Waals surface area (Å²) in [5.41, 5.74) is 0.195. The first-order valence-electron chi connectivity index (χ1n) is 4.23. The van der Waals surface area contributed by atoms with Gasteiger partial charge in [0.25, 0.3) is 0 Å². The van der Waals surface area contributed by atoms with Crippen LogP contribution in [0.4, 0.5) is 0 Å². The van der Waals surface area contributed by atoms with Crippen LogP contribution in [0.2, 0.25) is 0 Å². The molecule has 0 aliphatic heterocycles. The first-order chi connectivity index (χ1) is 7.00. The van der Waals surface area contributed by atoms with Crippen molar-refractivity contribution in [2.45, 2.75) is 13.0 Å². The summed E-state index contributed by atoms with van der Waals surface area (Å²) in [6, 6.07) is 5.35. The average Bonchev–Trinajstić information content (AvgIpc) is 2.18. The van der Waals surface area contributed by atoms with E-state index in [2.05, 4.69) is 4.74 Å². The smallest absolute Gasteiger partial charge is 0.344 e. The van der Waals surface area contributed by atoms with E-state index in [9.17, 15) is 9.59 Å². The highest BCUT2D eigenvalue weighted by Crippen LogP contribution is 2.11. The van der Waals surface area contributed by atoms with E-state index < -0.39 is 18.0 Å². The summed E-state index contributed by atoms with van der Waals surface area (Å²) in [6.45, 7) is 1.26. The highest BCUT2D eigenvalue weighted by Gasteiger charge is 2.17. The Hall–Kier alpha value is -2.04. The van der Waals surface area contributed by atoms with E-state index in [1.807, 2.05) is 0 Å². The molecule has 15 heavy (non-hydrogen) atoms. The van der Waals surface area contributed by atoms with E-state index in [1.54, 1.807) is 0 Å². The Bertz CT molecular complexity index is 368. The van der Waals surface area contributed by atoms with Gasteiger partial charge in [-0.3, -0.25) is 0 Å². The summed E-state index contributed by atoms with van der Waals surface area (Å²) in [5.74, 6) is -1.91. The van der Waals surface area contributed by atoms with Crippen molar-refractivity contribution < 1.29 is 24.5 Å². The molecule has 0 heterocycles. The van der Waals surface area contributed by atoms with Gasteiger partial charge in [-0.25, -0.2) is 9.59 Å². The standard InChI is InChI=1S/C10H10O5/c1-6(9(12)13)15-10(14)7-2-4-8(11)5-3-7/h2-6,11H,1H3,(H,12,13). The van der Waals surface area contributed by atoms with Gasteiger partial charge >= 0.3 is 11.9 Å². The van der Waals surface area contributed by atoms with E-state index in [-0.39, 0.29) is 11.3 Å². The molecule has 0 saturated heterocycles. The summed E-state index contributed by atoms with van der Waals surface area (Å²) < 4.78 is 4.62. The summed E-state index contributed by atoms with van der Waals surface area (Å²) in [7, 11) is 0. The van der Waals surface area contributed by atoms with Gasteiger partial charge in [-0.1, -0.05) is 0 Å². The largest absolute Gasteiger partial charge is 0.508 e. The number of carbonyl (C=O) groups excluding carboxylic acids is 1. The van der Waals surface area contributed by atoms with Crippen molar-refractivity contribution in [2.24, 2.45) is 0 Å². The van der Waals surface area contributed by atoms with Crippen LogP contribution in [0, 0.1) is 0 Å². The summed E-state index contributed by atoms with van der Waals surface area (Å²) >= 11 is 0. The molecule has 0 spiro atoms. The zero-order valence-corrected chi connectivity index (χ0v) is 8.01. The SMILES string of the molecule is CC(OC(=O)c1ccc(O)cc1)C(=O)O. The number of esters is 1. The lowest BCUT2D eigenvalue weighted by Crippen LogP contribution is -2.23. The number of carboxylic acids is 1. The van der Waals surface area contributed by atoms with Gasteiger partial charge in [-0.2, -0.15) is 0 Å². The fraction of sp³-hybridized carbons (Fsp3) is 0.200. The maximum Gasteiger partial charge on any atom is 0.344 e. The molecule has 2 N–H and O–H groups in total. The molecule has 0 amide bonds. The third kappa shape index (κ3) is 2.98. The Morgan fingerprint density at radius 3 is 2.27 bits per heavy atom. The number of phenols is 1. The van der Waals surface area contributed by atoms with Gasteiger partial charge in [0, 0.05) is 0 Å². The summed E-state index contributed by atoms with van der Waals surface area (Å²) in [5, 5.41) is 17.5. The molecule has 1 rings (SSSR count). The molecule has 1 aromatic carbocycles. The van der Waals surface area contributed by atoms with Crippen LogP contribution in [-0.2, 0) is 9.53 Å². The Morgan fingerprint density at radius 1 is 1.27 bits per heavy atom. The maximum atomic E-state index is 11.3. The number of phenolic OH excluding ortho intramolecular Hbond substituents is 1. The molecule has 0 saturated carbocycles. The minimum atomic E-state index is -1.21. The van der Waals surface area contributed by atoms with Gasteiger partial charge < -0.3 is 14.9 Å². The highest BCUT2D eigenvalue weighted by atomic mass is 16.6. The number of benzene rings is 1. The Morgan fingerprint density at radius 2 is 1.80 bits per heavy atom. The van der Waals surface area contributed by atoms with E-state index in [0.717, 1.165) is 0 Å². The second-order valence-corrected chi connectivity index (χ2v) is 2.93. The van der Waals surface area contributed by atoms with Gasteiger partial charge in [-0.15, -0.1) is 0 Å². The molecular formula is C10H10O5. The zero-order chi connectivity index (χ0) is 11.4.